The zero-order valence-electron chi connectivity index (χ0n) is 8.85. The molecule has 0 saturated carbocycles. The third-order valence-electron chi connectivity index (χ3n) is 2.40. The first-order valence-electron chi connectivity index (χ1n) is 5.13. The van der Waals surface area contributed by atoms with E-state index in [0.29, 0.717) is 5.88 Å². The van der Waals surface area contributed by atoms with Crippen LogP contribution in [0.3, 0.4) is 0 Å². The van der Waals surface area contributed by atoms with Gasteiger partial charge in [0.1, 0.15) is 0 Å². The second-order valence-corrected chi connectivity index (χ2v) is 5.34. The summed E-state index contributed by atoms with van der Waals surface area (Å²) < 4.78 is 0.985. The van der Waals surface area contributed by atoms with E-state index < -0.39 is 0 Å². The molecule has 0 spiro atoms. The number of halogens is 3. The lowest BCUT2D eigenvalue weighted by Gasteiger charge is -2.16. The van der Waals surface area contributed by atoms with Crippen molar-refractivity contribution in [1.82, 2.24) is 5.43 Å². The Morgan fingerprint density at radius 2 is 2.19 bits per heavy atom. The number of hydrogen-bond donors (Lipinski definition) is 2. The number of nitrogens with two attached hydrogens (primary N) is 1. The average Bonchev–Trinajstić information content (AvgIpc) is 2.27. The topological polar surface area (TPSA) is 38.0 Å². The summed E-state index contributed by atoms with van der Waals surface area (Å²) >= 11 is 15.2. The van der Waals surface area contributed by atoms with Gasteiger partial charge >= 0.3 is 0 Å². The summed E-state index contributed by atoms with van der Waals surface area (Å²) in [5.74, 6) is 6.15. The summed E-state index contributed by atoms with van der Waals surface area (Å²) in [6, 6.07) is 6.11. The van der Waals surface area contributed by atoms with Crippen molar-refractivity contribution in [2.24, 2.45) is 5.84 Å². The fraction of sp³-hybridized carbons (Fsp3) is 0.455. The first-order chi connectivity index (χ1) is 7.67. The van der Waals surface area contributed by atoms with E-state index in [1.807, 2.05) is 18.2 Å². The Bertz CT molecular complexity index is 334. The van der Waals surface area contributed by atoms with Crippen molar-refractivity contribution in [3.8, 4) is 0 Å². The third kappa shape index (κ3) is 4.60. The van der Waals surface area contributed by atoms with E-state index in [2.05, 4.69) is 21.4 Å². The van der Waals surface area contributed by atoms with Gasteiger partial charge in [0, 0.05) is 21.4 Å². The molecule has 1 unspecified atom stereocenters. The van der Waals surface area contributed by atoms with Crippen LogP contribution in [0, 0.1) is 0 Å². The quantitative estimate of drug-likeness (QED) is 0.477. The van der Waals surface area contributed by atoms with E-state index in [0.717, 1.165) is 34.3 Å². The summed E-state index contributed by atoms with van der Waals surface area (Å²) in [6.45, 7) is 0. The first kappa shape index (κ1) is 14.3. The number of hydrogen-bond acceptors (Lipinski definition) is 2. The molecule has 0 aliphatic rings. The standard InChI is InChI=1S/C11H15BrCl2N2/c12-9-4-3-8(11(14)7-9)6-10(16-15)2-1-5-13/h3-4,7,10,16H,1-2,5-6,15H2. The van der Waals surface area contributed by atoms with E-state index in [-0.39, 0.29) is 6.04 Å². The molecule has 0 fully saturated rings. The van der Waals surface area contributed by atoms with Gasteiger partial charge in [0.25, 0.3) is 0 Å². The highest BCUT2D eigenvalue weighted by Crippen LogP contribution is 2.23. The number of nitrogens with one attached hydrogen (secondary N) is 1. The Morgan fingerprint density at radius 3 is 2.75 bits per heavy atom. The molecule has 5 heteroatoms. The molecule has 2 nitrogen and oxygen atoms in total. The van der Waals surface area contributed by atoms with Crippen molar-refractivity contribution in [2.75, 3.05) is 5.88 Å². The molecule has 90 valence electrons. The minimum atomic E-state index is 0.220. The number of hydrazine groups is 1. The summed E-state index contributed by atoms with van der Waals surface area (Å²) in [7, 11) is 0. The zero-order chi connectivity index (χ0) is 12.0. The third-order valence-corrected chi connectivity index (χ3v) is 3.52. The van der Waals surface area contributed by atoms with E-state index >= 15 is 0 Å². The number of alkyl halides is 1. The van der Waals surface area contributed by atoms with Gasteiger partial charge in [-0.25, -0.2) is 0 Å². The molecule has 0 saturated heterocycles. The summed E-state index contributed by atoms with van der Waals surface area (Å²) in [5.41, 5.74) is 3.90. The predicted molar refractivity (Wildman–Crippen MR) is 73.9 cm³/mol. The van der Waals surface area contributed by atoms with Gasteiger partial charge in [-0.15, -0.1) is 11.6 Å². The maximum absolute atomic E-state index is 6.14. The van der Waals surface area contributed by atoms with E-state index in [4.69, 9.17) is 29.0 Å². The molecule has 0 aliphatic carbocycles. The van der Waals surface area contributed by atoms with Gasteiger partial charge in [-0.3, -0.25) is 11.3 Å². The Morgan fingerprint density at radius 1 is 1.44 bits per heavy atom. The normalized spacial score (nSPS) is 12.8. The molecule has 1 rings (SSSR count). The minimum Gasteiger partial charge on any atom is -0.271 e. The molecule has 0 amide bonds. The van der Waals surface area contributed by atoms with Crippen LogP contribution in [0.4, 0.5) is 0 Å². The lowest BCUT2D eigenvalue weighted by atomic mass is 10.0. The molecule has 0 aliphatic heterocycles. The minimum absolute atomic E-state index is 0.220. The maximum Gasteiger partial charge on any atom is 0.0449 e. The Kier molecular flexibility index (Phi) is 6.70. The van der Waals surface area contributed by atoms with Crippen LogP contribution in [-0.4, -0.2) is 11.9 Å². The molecule has 1 aromatic rings. The molecule has 16 heavy (non-hydrogen) atoms. The second-order valence-electron chi connectivity index (χ2n) is 3.63. The highest BCUT2D eigenvalue weighted by Gasteiger charge is 2.10. The summed E-state index contributed by atoms with van der Waals surface area (Å²) in [5, 5.41) is 0.764. The molecule has 1 aromatic carbocycles. The molecule has 0 bridgehead atoms. The lowest BCUT2D eigenvalue weighted by Crippen LogP contribution is -2.36. The highest BCUT2D eigenvalue weighted by atomic mass is 79.9. The van der Waals surface area contributed by atoms with Crippen LogP contribution in [-0.2, 0) is 6.42 Å². The summed E-state index contributed by atoms with van der Waals surface area (Å²) in [4.78, 5) is 0. The molecule has 0 aromatic heterocycles. The Labute approximate surface area is 115 Å². The van der Waals surface area contributed by atoms with Gasteiger partial charge in [0.05, 0.1) is 0 Å². The van der Waals surface area contributed by atoms with Crippen LogP contribution in [0.5, 0.6) is 0 Å². The van der Waals surface area contributed by atoms with Crippen molar-refractivity contribution < 1.29 is 0 Å². The van der Waals surface area contributed by atoms with E-state index in [1.54, 1.807) is 0 Å². The zero-order valence-corrected chi connectivity index (χ0v) is 11.9. The summed E-state index contributed by atoms with van der Waals surface area (Å²) in [6.07, 6.45) is 2.72. The van der Waals surface area contributed by atoms with Crippen molar-refractivity contribution >= 4 is 39.1 Å². The first-order valence-corrected chi connectivity index (χ1v) is 6.84. The fourth-order valence-corrected chi connectivity index (χ4v) is 2.43. The van der Waals surface area contributed by atoms with E-state index in [1.165, 1.54) is 0 Å². The molecule has 0 radical (unpaired) electrons. The van der Waals surface area contributed by atoms with Crippen LogP contribution in [0.25, 0.3) is 0 Å². The van der Waals surface area contributed by atoms with Crippen LogP contribution >= 0.6 is 39.1 Å². The van der Waals surface area contributed by atoms with Crippen LogP contribution in [0.1, 0.15) is 18.4 Å². The number of benzene rings is 1. The van der Waals surface area contributed by atoms with Crippen molar-refractivity contribution in [3.05, 3.63) is 33.3 Å². The molecule has 0 heterocycles. The maximum atomic E-state index is 6.14. The molecular weight excluding hydrogens is 311 g/mol. The van der Waals surface area contributed by atoms with Crippen molar-refractivity contribution in [3.63, 3.8) is 0 Å². The average molecular weight is 326 g/mol. The van der Waals surface area contributed by atoms with Gasteiger partial charge < -0.3 is 0 Å². The van der Waals surface area contributed by atoms with E-state index in [9.17, 15) is 0 Å². The Hall–Kier alpha value is 0.200. The number of rotatable bonds is 6. The highest BCUT2D eigenvalue weighted by molar-refractivity contribution is 9.10. The van der Waals surface area contributed by atoms with Crippen LogP contribution in [0.15, 0.2) is 22.7 Å². The van der Waals surface area contributed by atoms with Gasteiger partial charge in [0.15, 0.2) is 0 Å². The van der Waals surface area contributed by atoms with Gasteiger partial charge in [0.2, 0.25) is 0 Å². The monoisotopic (exact) mass is 324 g/mol. The molecular formula is C11H15BrCl2N2. The SMILES string of the molecule is NNC(CCCCl)Cc1ccc(Br)cc1Cl. The predicted octanol–water partition coefficient (Wildman–Crippen LogP) is 3.50. The van der Waals surface area contributed by atoms with Crippen LogP contribution in [0.2, 0.25) is 5.02 Å². The van der Waals surface area contributed by atoms with Gasteiger partial charge in [-0.1, -0.05) is 33.6 Å². The van der Waals surface area contributed by atoms with Gasteiger partial charge in [-0.2, -0.15) is 0 Å². The molecule has 3 N–H and O–H groups in total. The smallest absolute Gasteiger partial charge is 0.0449 e. The molecule has 1 atom stereocenters. The van der Waals surface area contributed by atoms with Crippen molar-refractivity contribution in [1.29, 1.82) is 0 Å². The fourth-order valence-electron chi connectivity index (χ4n) is 1.52. The Balaban J connectivity index is 2.62. The lowest BCUT2D eigenvalue weighted by molar-refractivity contribution is 0.487. The van der Waals surface area contributed by atoms with Crippen LogP contribution < -0.4 is 11.3 Å². The van der Waals surface area contributed by atoms with Gasteiger partial charge in [-0.05, 0) is 37.0 Å². The second kappa shape index (κ2) is 7.51. The van der Waals surface area contributed by atoms with Crippen molar-refractivity contribution in [2.45, 2.75) is 25.3 Å². The largest absolute Gasteiger partial charge is 0.271 e.